The Morgan fingerprint density at radius 3 is 2.38 bits per heavy atom. The molecule has 0 radical (unpaired) electrons. The first-order valence-corrected chi connectivity index (χ1v) is 7.71. The zero-order chi connectivity index (χ0) is 14.8. The molecule has 1 aliphatic heterocycles. The van der Waals surface area contributed by atoms with E-state index in [1.165, 1.54) is 12.0 Å². The van der Waals surface area contributed by atoms with Crippen LogP contribution in [-0.2, 0) is 0 Å². The lowest BCUT2D eigenvalue weighted by atomic mass is 10.1. The maximum absolute atomic E-state index is 12.6. The number of aryl methyl sites for hydroxylation is 2. The number of carbonyl (C=O) groups is 1. The lowest BCUT2D eigenvalue weighted by Crippen LogP contribution is -2.35. The molecular weight excluding hydrogens is 260 g/mol. The first kappa shape index (κ1) is 13.9. The average Bonchev–Trinajstić information content (AvgIpc) is 2.90. The average molecular weight is 282 g/mol. The van der Waals surface area contributed by atoms with Crippen LogP contribution in [0.2, 0.25) is 0 Å². The summed E-state index contributed by atoms with van der Waals surface area (Å²) in [5, 5.41) is 0. The van der Waals surface area contributed by atoms with Gasteiger partial charge in [-0.25, -0.2) is 0 Å². The van der Waals surface area contributed by atoms with Gasteiger partial charge in [0.15, 0.2) is 0 Å². The number of nitrogens with zero attached hydrogens (tertiary/aromatic N) is 1. The Morgan fingerprint density at radius 1 is 1.05 bits per heavy atom. The van der Waals surface area contributed by atoms with Crippen molar-refractivity contribution in [2.75, 3.05) is 13.1 Å². The molecule has 0 spiro atoms. The van der Waals surface area contributed by atoms with Crippen molar-refractivity contribution in [3.8, 4) is 11.3 Å². The molecule has 0 aliphatic carbocycles. The number of carbonyl (C=O) groups excluding carboxylic acids is 1. The van der Waals surface area contributed by atoms with Crippen molar-refractivity contribution >= 4 is 5.91 Å². The number of H-pyrrole nitrogens is 1. The van der Waals surface area contributed by atoms with Crippen molar-refractivity contribution in [2.45, 2.75) is 33.1 Å². The molecule has 2 aromatic rings. The number of aromatic nitrogens is 1. The third kappa shape index (κ3) is 2.87. The van der Waals surface area contributed by atoms with Gasteiger partial charge in [0, 0.05) is 24.5 Å². The van der Waals surface area contributed by atoms with Crippen LogP contribution < -0.4 is 0 Å². The number of piperidine rings is 1. The number of likely N-dealkylation sites (tertiary alicyclic amines) is 1. The van der Waals surface area contributed by atoms with Crippen molar-refractivity contribution in [1.82, 2.24) is 9.88 Å². The number of hydrogen-bond acceptors (Lipinski definition) is 1. The molecule has 1 saturated heterocycles. The van der Waals surface area contributed by atoms with Gasteiger partial charge in [0.1, 0.15) is 0 Å². The largest absolute Gasteiger partial charge is 0.358 e. The molecule has 3 rings (SSSR count). The summed E-state index contributed by atoms with van der Waals surface area (Å²) in [5.41, 5.74) is 5.16. The highest BCUT2D eigenvalue weighted by atomic mass is 16.2. The van der Waals surface area contributed by atoms with Gasteiger partial charge in [-0.2, -0.15) is 0 Å². The zero-order valence-electron chi connectivity index (χ0n) is 12.8. The Morgan fingerprint density at radius 2 is 1.71 bits per heavy atom. The Kier molecular flexibility index (Phi) is 3.82. The first-order chi connectivity index (χ1) is 10.1. The van der Waals surface area contributed by atoms with Gasteiger partial charge in [0.25, 0.3) is 5.91 Å². The van der Waals surface area contributed by atoms with E-state index in [0.29, 0.717) is 0 Å². The normalized spacial score (nSPS) is 15.2. The second-order valence-electron chi connectivity index (χ2n) is 5.94. The quantitative estimate of drug-likeness (QED) is 0.890. The second-order valence-corrected chi connectivity index (χ2v) is 5.94. The van der Waals surface area contributed by atoms with Gasteiger partial charge in [-0.05, 0) is 44.7 Å². The molecule has 0 bridgehead atoms. The summed E-state index contributed by atoms with van der Waals surface area (Å²) < 4.78 is 0. The summed E-state index contributed by atoms with van der Waals surface area (Å²) in [7, 11) is 0. The summed E-state index contributed by atoms with van der Waals surface area (Å²) >= 11 is 0. The predicted octanol–water partition coefficient (Wildman–Crippen LogP) is 3.92. The zero-order valence-corrected chi connectivity index (χ0v) is 12.8. The van der Waals surface area contributed by atoms with Crippen molar-refractivity contribution in [1.29, 1.82) is 0 Å². The van der Waals surface area contributed by atoms with Gasteiger partial charge in [-0.3, -0.25) is 4.79 Å². The van der Waals surface area contributed by atoms with Crippen molar-refractivity contribution in [2.24, 2.45) is 0 Å². The third-order valence-corrected chi connectivity index (χ3v) is 4.25. The van der Waals surface area contributed by atoms with Crippen LogP contribution in [0.4, 0.5) is 0 Å². The van der Waals surface area contributed by atoms with E-state index in [1.807, 2.05) is 17.9 Å². The molecule has 0 atom stereocenters. The summed E-state index contributed by atoms with van der Waals surface area (Å²) in [6.45, 7) is 5.84. The van der Waals surface area contributed by atoms with E-state index >= 15 is 0 Å². The standard InChI is InChI=1S/C18H22N2O/c1-13-6-8-15(9-7-13)17-12-16(14(2)19-17)18(21)20-10-4-3-5-11-20/h6-9,12,19H,3-5,10-11H2,1-2H3. The molecule has 1 aliphatic rings. The smallest absolute Gasteiger partial charge is 0.255 e. The van der Waals surface area contributed by atoms with Gasteiger partial charge >= 0.3 is 0 Å². The van der Waals surface area contributed by atoms with Crippen molar-refractivity contribution in [3.63, 3.8) is 0 Å². The maximum atomic E-state index is 12.6. The van der Waals surface area contributed by atoms with E-state index in [0.717, 1.165) is 48.4 Å². The second kappa shape index (κ2) is 5.76. The first-order valence-electron chi connectivity index (χ1n) is 7.71. The Balaban J connectivity index is 1.87. The molecule has 1 aromatic heterocycles. The molecule has 1 amide bonds. The SMILES string of the molecule is Cc1ccc(-c2cc(C(=O)N3CCCCC3)c(C)[nH]2)cc1. The molecule has 1 aromatic carbocycles. The number of rotatable bonds is 2. The van der Waals surface area contributed by atoms with Gasteiger partial charge in [-0.1, -0.05) is 29.8 Å². The highest BCUT2D eigenvalue weighted by Crippen LogP contribution is 2.24. The molecule has 0 unspecified atom stereocenters. The van der Waals surface area contributed by atoms with Crippen molar-refractivity contribution < 1.29 is 4.79 Å². The Bertz CT molecular complexity index is 634. The van der Waals surface area contributed by atoms with E-state index in [4.69, 9.17) is 0 Å². The number of benzene rings is 1. The fourth-order valence-electron chi connectivity index (χ4n) is 2.94. The summed E-state index contributed by atoms with van der Waals surface area (Å²) in [5.74, 6) is 0.168. The van der Waals surface area contributed by atoms with Crippen LogP contribution >= 0.6 is 0 Å². The monoisotopic (exact) mass is 282 g/mol. The summed E-state index contributed by atoms with van der Waals surface area (Å²) in [6.07, 6.45) is 3.49. The van der Waals surface area contributed by atoms with E-state index in [2.05, 4.69) is 36.2 Å². The van der Waals surface area contributed by atoms with Crippen molar-refractivity contribution in [3.05, 3.63) is 47.2 Å². The highest BCUT2D eigenvalue weighted by Gasteiger charge is 2.21. The molecule has 3 nitrogen and oxygen atoms in total. The molecular formula is C18H22N2O. The highest BCUT2D eigenvalue weighted by molar-refractivity contribution is 5.96. The van der Waals surface area contributed by atoms with Gasteiger partial charge < -0.3 is 9.88 Å². The maximum Gasteiger partial charge on any atom is 0.255 e. The van der Waals surface area contributed by atoms with Crippen LogP contribution in [0.5, 0.6) is 0 Å². The topological polar surface area (TPSA) is 36.1 Å². The van der Waals surface area contributed by atoms with Crippen LogP contribution in [0.15, 0.2) is 30.3 Å². The molecule has 110 valence electrons. The van der Waals surface area contributed by atoms with E-state index < -0.39 is 0 Å². The molecule has 0 saturated carbocycles. The van der Waals surface area contributed by atoms with Crippen LogP contribution in [-0.4, -0.2) is 28.9 Å². The molecule has 21 heavy (non-hydrogen) atoms. The lowest BCUT2D eigenvalue weighted by molar-refractivity contribution is 0.0724. The molecule has 1 fully saturated rings. The number of amides is 1. The van der Waals surface area contributed by atoms with Gasteiger partial charge in [0.2, 0.25) is 0 Å². The van der Waals surface area contributed by atoms with E-state index in [9.17, 15) is 4.79 Å². The fourth-order valence-corrected chi connectivity index (χ4v) is 2.94. The van der Waals surface area contributed by atoms with Crippen LogP contribution in [0.3, 0.4) is 0 Å². The molecule has 2 heterocycles. The number of hydrogen-bond donors (Lipinski definition) is 1. The minimum Gasteiger partial charge on any atom is -0.358 e. The van der Waals surface area contributed by atoms with Crippen LogP contribution in [0.25, 0.3) is 11.3 Å². The van der Waals surface area contributed by atoms with Crippen LogP contribution in [0, 0.1) is 13.8 Å². The van der Waals surface area contributed by atoms with Gasteiger partial charge in [0.05, 0.1) is 5.56 Å². The van der Waals surface area contributed by atoms with Crippen LogP contribution in [0.1, 0.15) is 40.9 Å². The Labute approximate surface area is 126 Å². The number of aromatic amines is 1. The molecule has 3 heteroatoms. The summed E-state index contributed by atoms with van der Waals surface area (Å²) in [6, 6.07) is 10.4. The summed E-state index contributed by atoms with van der Waals surface area (Å²) in [4.78, 5) is 18.0. The fraction of sp³-hybridized carbons (Fsp3) is 0.389. The minimum atomic E-state index is 0.168. The van der Waals surface area contributed by atoms with Gasteiger partial charge in [-0.15, -0.1) is 0 Å². The lowest BCUT2D eigenvalue weighted by Gasteiger charge is -2.26. The van der Waals surface area contributed by atoms with E-state index in [1.54, 1.807) is 0 Å². The minimum absolute atomic E-state index is 0.168. The Hall–Kier alpha value is -2.03. The molecule has 1 N–H and O–H groups in total. The number of nitrogens with one attached hydrogen (secondary N) is 1. The predicted molar refractivity (Wildman–Crippen MR) is 85.5 cm³/mol. The third-order valence-electron chi connectivity index (χ3n) is 4.25. The van der Waals surface area contributed by atoms with E-state index in [-0.39, 0.29) is 5.91 Å².